The van der Waals surface area contributed by atoms with Crippen molar-refractivity contribution in [3.05, 3.63) is 59.7 Å². The number of urea groups is 1. The summed E-state index contributed by atoms with van der Waals surface area (Å²) in [5.41, 5.74) is 3.17. The smallest absolute Gasteiger partial charge is 0.322 e. The van der Waals surface area contributed by atoms with E-state index in [1.54, 1.807) is 7.11 Å². The van der Waals surface area contributed by atoms with Crippen molar-refractivity contribution in [1.29, 1.82) is 0 Å². The van der Waals surface area contributed by atoms with Crippen LogP contribution in [0.5, 0.6) is 5.75 Å². The summed E-state index contributed by atoms with van der Waals surface area (Å²) in [4.78, 5) is 14.9. The minimum atomic E-state index is -0.162. The summed E-state index contributed by atoms with van der Waals surface area (Å²) in [5, 5.41) is 12.3. The van der Waals surface area contributed by atoms with Gasteiger partial charge in [0.2, 0.25) is 0 Å². The second-order valence-electron chi connectivity index (χ2n) is 6.51. The van der Waals surface area contributed by atoms with Crippen LogP contribution in [0.1, 0.15) is 36.4 Å². The maximum atomic E-state index is 13.1. The molecule has 2 aromatic carbocycles. The van der Waals surface area contributed by atoms with Crippen molar-refractivity contribution in [3.8, 4) is 5.75 Å². The predicted octanol–water partition coefficient (Wildman–Crippen LogP) is 3.99. The lowest BCUT2D eigenvalue weighted by atomic mass is 9.87. The molecular formula is C21H26N2O3. The molecule has 0 aromatic heterocycles. The second kappa shape index (κ2) is 8.72. The largest absolute Gasteiger partial charge is 0.495 e. The topological polar surface area (TPSA) is 61.8 Å². The standard InChI is InChI=1S/C21H26N2O3/c1-26-20-13-5-4-11-18(20)22-21(25)23(14-7-15-24)19-12-6-9-16-8-2-3-10-17(16)19/h2-5,8,10-11,13,19,24H,6-7,9,12,14-15H2,1H3,(H,22,25). The van der Waals surface area contributed by atoms with Crippen LogP contribution >= 0.6 is 0 Å². The molecule has 1 atom stereocenters. The summed E-state index contributed by atoms with van der Waals surface area (Å²) in [5.74, 6) is 0.631. The predicted molar refractivity (Wildman–Crippen MR) is 103 cm³/mol. The minimum Gasteiger partial charge on any atom is -0.495 e. The number of amides is 2. The highest BCUT2D eigenvalue weighted by Gasteiger charge is 2.29. The van der Waals surface area contributed by atoms with Gasteiger partial charge in [-0.25, -0.2) is 4.79 Å². The fraction of sp³-hybridized carbons (Fsp3) is 0.381. The van der Waals surface area contributed by atoms with Crippen LogP contribution in [0.2, 0.25) is 0 Å². The van der Waals surface area contributed by atoms with E-state index < -0.39 is 0 Å². The molecular weight excluding hydrogens is 328 g/mol. The summed E-state index contributed by atoms with van der Waals surface area (Å²) >= 11 is 0. The molecule has 0 fully saturated rings. The number of aliphatic hydroxyl groups excluding tert-OH is 1. The Morgan fingerprint density at radius 2 is 2.00 bits per heavy atom. The number of aryl methyl sites for hydroxylation is 1. The zero-order chi connectivity index (χ0) is 18.4. The minimum absolute atomic E-state index is 0.0289. The zero-order valence-corrected chi connectivity index (χ0v) is 15.1. The van der Waals surface area contributed by atoms with Gasteiger partial charge >= 0.3 is 6.03 Å². The van der Waals surface area contributed by atoms with Crippen molar-refractivity contribution in [2.24, 2.45) is 0 Å². The van der Waals surface area contributed by atoms with Gasteiger partial charge in [-0.1, -0.05) is 36.4 Å². The Morgan fingerprint density at radius 1 is 1.23 bits per heavy atom. The van der Waals surface area contributed by atoms with E-state index in [4.69, 9.17) is 4.74 Å². The number of hydrogen-bond acceptors (Lipinski definition) is 3. The van der Waals surface area contributed by atoms with E-state index >= 15 is 0 Å². The number of carbonyl (C=O) groups is 1. The monoisotopic (exact) mass is 354 g/mol. The Morgan fingerprint density at radius 3 is 2.81 bits per heavy atom. The van der Waals surface area contributed by atoms with Crippen molar-refractivity contribution in [2.45, 2.75) is 31.7 Å². The summed E-state index contributed by atoms with van der Waals surface area (Å²) < 4.78 is 5.34. The average Bonchev–Trinajstić information content (AvgIpc) is 2.69. The van der Waals surface area contributed by atoms with E-state index in [0.717, 1.165) is 19.3 Å². The molecule has 0 radical (unpaired) electrons. The van der Waals surface area contributed by atoms with E-state index in [1.165, 1.54) is 11.1 Å². The maximum Gasteiger partial charge on any atom is 0.322 e. The molecule has 0 saturated carbocycles. The zero-order valence-electron chi connectivity index (χ0n) is 15.1. The van der Waals surface area contributed by atoms with Gasteiger partial charge in [0.15, 0.2) is 0 Å². The van der Waals surface area contributed by atoms with Crippen molar-refractivity contribution >= 4 is 11.7 Å². The SMILES string of the molecule is COc1ccccc1NC(=O)N(CCCO)C1CCCc2ccccc21. The molecule has 2 aromatic rings. The third kappa shape index (κ3) is 3.99. The number of anilines is 1. The Labute approximate surface area is 154 Å². The van der Waals surface area contributed by atoms with Gasteiger partial charge in [0.25, 0.3) is 0 Å². The second-order valence-corrected chi connectivity index (χ2v) is 6.51. The van der Waals surface area contributed by atoms with Crippen LogP contribution in [-0.4, -0.2) is 36.3 Å². The van der Waals surface area contributed by atoms with Crippen LogP contribution in [-0.2, 0) is 6.42 Å². The molecule has 0 saturated heterocycles. The molecule has 0 spiro atoms. The molecule has 0 heterocycles. The van der Waals surface area contributed by atoms with E-state index in [-0.39, 0.29) is 18.7 Å². The van der Waals surface area contributed by atoms with Gasteiger partial charge in [-0.3, -0.25) is 0 Å². The van der Waals surface area contributed by atoms with Gasteiger partial charge in [0, 0.05) is 13.2 Å². The van der Waals surface area contributed by atoms with Crippen molar-refractivity contribution in [2.75, 3.05) is 25.6 Å². The molecule has 5 nitrogen and oxygen atoms in total. The fourth-order valence-corrected chi connectivity index (χ4v) is 3.63. The number of benzene rings is 2. The first-order valence-corrected chi connectivity index (χ1v) is 9.14. The van der Waals surface area contributed by atoms with Crippen LogP contribution in [0.25, 0.3) is 0 Å². The first kappa shape index (κ1) is 18.3. The number of ether oxygens (including phenoxy) is 1. The number of fused-ring (bicyclic) bond motifs is 1. The number of aliphatic hydroxyl groups is 1. The molecule has 3 rings (SSSR count). The summed E-state index contributed by atoms with van der Waals surface area (Å²) in [6.45, 7) is 0.573. The van der Waals surface area contributed by atoms with Crippen LogP contribution in [0.4, 0.5) is 10.5 Å². The Bertz CT molecular complexity index is 748. The first-order chi connectivity index (χ1) is 12.7. The number of rotatable bonds is 6. The van der Waals surface area contributed by atoms with Gasteiger partial charge in [0.05, 0.1) is 18.8 Å². The fourth-order valence-electron chi connectivity index (χ4n) is 3.63. The quantitative estimate of drug-likeness (QED) is 0.824. The maximum absolute atomic E-state index is 13.1. The molecule has 5 heteroatoms. The van der Waals surface area contributed by atoms with Gasteiger partial charge in [-0.05, 0) is 48.9 Å². The van der Waals surface area contributed by atoms with Crippen molar-refractivity contribution in [3.63, 3.8) is 0 Å². The van der Waals surface area contributed by atoms with Crippen molar-refractivity contribution < 1.29 is 14.6 Å². The molecule has 2 N–H and O–H groups in total. The van der Waals surface area contributed by atoms with E-state index in [2.05, 4.69) is 17.4 Å². The molecule has 1 unspecified atom stereocenters. The Kier molecular flexibility index (Phi) is 6.12. The molecule has 2 amide bonds. The molecule has 1 aliphatic carbocycles. The lowest BCUT2D eigenvalue weighted by Crippen LogP contribution is -2.40. The first-order valence-electron chi connectivity index (χ1n) is 9.14. The van der Waals surface area contributed by atoms with Gasteiger partial charge < -0.3 is 20.1 Å². The lowest BCUT2D eigenvalue weighted by Gasteiger charge is -2.36. The van der Waals surface area contributed by atoms with Gasteiger partial charge in [0.1, 0.15) is 5.75 Å². The van der Waals surface area contributed by atoms with Crippen molar-refractivity contribution in [1.82, 2.24) is 4.90 Å². The number of nitrogens with one attached hydrogen (secondary N) is 1. The number of hydrogen-bond donors (Lipinski definition) is 2. The van der Waals surface area contributed by atoms with E-state index in [1.807, 2.05) is 41.3 Å². The number of nitrogens with zero attached hydrogens (tertiary/aromatic N) is 1. The molecule has 0 bridgehead atoms. The number of methoxy groups -OCH3 is 1. The van der Waals surface area contributed by atoms with Crippen LogP contribution in [0.15, 0.2) is 48.5 Å². The Balaban J connectivity index is 1.85. The highest BCUT2D eigenvalue weighted by atomic mass is 16.5. The summed E-state index contributed by atoms with van der Waals surface area (Å²) in [6.07, 6.45) is 3.59. The number of para-hydroxylation sites is 2. The third-order valence-corrected chi connectivity index (χ3v) is 4.88. The van der Waals surface area contributed by atoms with Crippen LogP contribution in [0.3, 0.4) is 0 Å². The molecule has 26 heavy (non-hydrogen) atoms. The molecule has 1 aliphatic rings. The normalized spacial score (nSPS) is 15.8. The van der Waals surface area contributed by atoms with Crippen LogP contribution < -0.4 is 10.1 Å². The lowest BCUT2D eigenvalue weighted by molar-refractivity contribution is 0.169. The molecule has 0 aliphatic heterocycles. The number of carbonyl (C=O) groups excluding carboxylic acids is 1. The summed E-state index contributed by atoms with van der Waals surface area (Å²) in [6, 6.07) is 15.6. The van der Waals surface area contributed by atoms with E-state index in [0.29, 0.717) is 24.4 Å². The molecule has 138 valence electrons. The van der Waals surface area contributed by atoms with Crippen LogP contribution in [0, 0.1) is 0 Å². The summed E-state index contributed by atoms with van der Waals surface area (Å²) in [7, 11) is 1.59. The van der Waals surface area contributed by atoms with Gasteiger partial charge in [-0.2, -0.15) is 0 Å². The Hall–Kier alpha value is -2.53. The van der Waals surface area contributed by atoms with Gasteiger partial charge in [-0.15, -0.1) is 0 Å². The average molecular weight is 354 g/mol. The highest BCUT2D eigenvalue weighted by molar-refractivity contribution is 5.91. The van der Waals surface area contributed by atoms with E-state index in [9.17, 15) is 9.90 Å². The highest BCUT2D eigenvalue weighted by Crippen LogP contribution is 2.35. The third-order valence-electron chi connectivity index (χ3n) is 4.88.